The fourth-order valence-electron chi connectivity index (χ4n) is 2.61. The van der Waals surface area contributed by atoms with E-state index in [4.69, 9.17) is 4.74 Å². The SMILES string of the molecule is CC(=Cc1cccc(Oc2ccccc2)c1)C(=O)Nc1ccccc1C(=O)O. The van der Waals surface area contributed by atoms with E-state index in [1.54, 1.807) is 31.2 Å². The molecular formula is C23H19NO4. The van der Waals surface area contributed by atoms with Crippen LogP contribution in [-0.4, -0.2) is 17.0 Å². The van der Waals surface area contributed by atoms with Gasteiger partial charge in [0.15, 0.2) is 0 Å². The van der Waals surface area contributed by atoms with Crippen molar-refractivity contribution in [1.82, 2.24) is 0 Å². The second-order valence-electron chi connectivity index (χ2n) is 6.12. The molecule has 0 bridgehead atoms. The van der Waals surface area contributed by atoms with E-state index in [9.17, 15) is 14.7 Å². The largest absolute Gasteiger partial charge is 0.478 e. The molecule has 0 fully saturated rings. The third kappa shape index (κ3) is 4.86. The number of hydrogen-bond donors (Lipinski definition) is 2. The number of benzene rings is 3. The van der Waals surface area contributed by atoms with Crippen molar-refractivity contribution in [2.75, 3.05) is 5.32 Å². The Balaban J connectivity index is 1.75. The lowest BCUT2D eigenvalue weighted by Gasteiger charge is -2.09. The molecule has 28 heavy (non-hydrogen) atoms. The molecule has 3 aromatic carbocycles. The number of rotatable bonds is 6. The van der Waals surface area contributed by atoms with Gasteiger partial charge in [0.05, 0.1) is 11.3 Å². The topological polar surface area (TPSA) is 75.6 Å². The van der Waals surface area contributed by atoms with Gasteiger partial charge in [-0.25, -0.2) is 4.79 Å². The van der Waals surface area contributed by atoms with Gasteiger partial charge in [-0.15, -0.1) is 0 Å². The van der Waals surface area contributed by atoms with Crippen LogP contribution in [0.15, 0.2) is 84.4 Å². The molecule has 3 aromatic rings. The normalized spacial score (nSPS) is 11.0. The molecule has 5 nitrogen and oxygen atoms in total. The summed E-state index contributed by atoms with van der Waals surface area (Å²) in [6, 6.07) is 23.1. The maximum absolute atomic E-state index is 12.5. The Morgan fingerprint density at radius 1 is 0.893 bits per heavy atom. The summed E-state index contributed by atoms with van der Waals surface area (Å²) >= 11 is 0. The first-order chi connectivity index (χ1) is 13.5. The highest BCUT2D eigenvalue weighted by Gasteiger charge is 2.12. The number of carboxylic acid groups (broad SMARTS) is 1. The lowest BCUT2D eigenvalue weighted by atomic mass is 10.1. The molecular weight excluding hydrogens is 354 g/mol. The molecule has 0 spiro atoms. The Morgan fingerprint density at radius 3 is 2.32 bits per heavy atom. The summed E-state index contributed by atoms with van der Waals surface area (Å²) in [7, 11) is 0. The van der Waals surface area contributed by atoms with Crippen LogP contribution in [0.25, 0.3) is 6.08 Å². The zero-order valence-electron chi connectivity index (χ0n) is 15.3. The summed E-state index contributed by atoms with van der Waals surface area (Å²) < 4.78 is 5.80. The minimum absolute atomic E-state index is 0.0434. The van der Waals surface area contributed by atoms with E-state index in [1.165, 1.54) is 6.07 Å². The van der Waals surface area contributed by atoms with Gasteiger partial charge in [0, 0.05) is 5.57 Å². The number of ether oxygens (including phenoxy) is 1. The predicted octanol–water partition coefficient (Wildman–Crippen LogP) is 5.22. The van der Waals surface area contributed by atoms with E-state index in [-0.39, 0.29) is 17.2 Å². The van der Waals surface area contributed by atoms with E-state index >= 15 is 0 Å². The minimum Gasteiger partial charge on any atom is -0.478 e. The first-order valence-electron chi connectivity index (χ1n) is 8.68. The quantitative estimate of drug-likeness (QED) is 0.581. The van der Waals surface area contributed by atoms with E-state index in [1.807, 2.05) is 54.6 Å². The fraction of sp³-hybridized carbons (Fsp3) is 0.0435. The first kappa shape index (κ1) is 18.9. The lowest BCUT2D eigenvalue weighted by Crippen LogP contribution is -2.15. The third-order valence-electron chi connectivity index (χ3n) is 3.98. The summed E-state index contributed by atoms with van der Waals surface area (Å²) in [6.45, 7) is 1.67. The molecule has 140 valence electrons. The number of carbonyl (C=O) groups is 2. The molecule has 0 aliphatic heterocycles. The monoisotopic (exact) mass is 373 g/mol. The molecule has 0 aliphatic rings. The highest BCUT2D eigenvalue weighted by atomic mass is 16.5. The molecule has 0 saturated carbocycles. The number of amides is 1. The van der Waals surface area contributed by atoms with Crippen LogP contribution < -0.4 is 10.1 Å². The zero-order chi connectivity index (χ0) is 19.9. The Labute approximate surface area is 162 Å². The second-order valence-corrected chi connectivity index (χ2v) is 6.12. The van der Waals surface area contributed by atoms with Gasteiger partial charge >= 0.3 is 5.97 Å². The summed E-state index contributed by atoms with van der Waals surface area (Å²) in [5.74, 6) is -0.0841. The van der Waals surface area contributed by atoms with Gasteiger partial charge in [-0.05, 0) is 55.0 Å². The third-order valence-corrected chi connectivity index (χ3v) is 3.98. The standard InChI is InChI=1S/C23H19NO4/c1-16(22(25)24-21-13-6-5-12-20(21)23(26)27)14-17-8-7-11-19(15-17)28-18-9-3-2-4-10-18/h2-15H,1H3,(H,24,25)(H,26,27). The molecule has 1 amide bonds. The van der Waals surface area contributed by atoms with Crippen molar-refractivity contribution in [1.29, 1.82) is 0 Å². The smallest absolute Gasteiger partial charge is 0.337 e. The van der Waals surface area contributed by atoms with Gasteiger partial charge in [0.1, 0.15) is 11.5 Å². The van der Waals surface area contributed by atoms with Gasteiger partial charge in [0.25, 0.3) is 5.91 Å². The predicted molar refractivity (Wildman–Crippen MR) is 109 cm³/mol. The molecule has 0 heterocycles. The summed E-state index contributed by atoms with van der Waals surface area (Å²) in [4.78, 5) is 23.7. The second kappa shape index (κ2) is 8.68. The Bertz CT molecular complexity index is 1030. The van der Waals surface area contributed by atoms with Crippen molar-refractivity contribution >= 4 is 23.6 Å². The molecule has 0 atom stereocenters. The summed E-state index contributed by atoms with van der Waals surface area (Å²) in [5.41, 5.74) is 1.54. The van der Waals surface area contributed by atoms with Crippen molar-refractivity contribution < 1.29 is 19.4 Å². The highest BCUT2D eigenvalue weighted by Crippen LogP contribution is 2.23. The Morgan fingerprint density at radius 2 is 1.57 bits per heavy atom. The van der Waals surface area contributed by atoms with Gasteiger partial charge in [0.2, 0.25) is 0 Å². The molecule has 0 aromatic heterocycles. The van der Waals surface area contributed by atoms with Crippen LogP contribution in [0, 0.1) is 0 Å². The van der Waals surface area contributed by atoms with E-state index in [0.717, 1.165) is 11.3 Å². The number of carbonyl (C=O) groups excluding carboxylic acids is 1. The zero-order valence-corrected chi connectivity index (χ0v) is 15.3. The Hall–Kier alpha value is -3.86. The molecule has 5 heteroatoms. The number of anilines is 1. The van der Waals surface area contributed by atoms with Gasteiger partial charge in [-0.2, -0.15) is 0 Å². The molecule has 2 N–H and O–H groups in total. The van der Waals surface area contributed by atoms with Crippen molar-refractivity contribution in [2.24, 2.45) is 0 Å². The number of carboxylic acids is 1. The summed E-state index contributed by atoms with van der Waals surface area (Å²) in [6.07, 6.45) is 1.72. The fourth-order valence-corrected chi connectivity index (χ4v) is 2.61. The molecule has 0 radical (unpaired) electrons. The average molecular weight is 373 g/mol. The number of aromatic carboxylic acids is 1. The van der Waals surface area contributed by atoms with Crippen LogP contribution in [0.1, 0.15) is 22.8 Å². The number of para-hydroxylation sites is 2. The average Bonchev–Trinajstić information content (AvgIpc) is 2.69. The van der Waals surface area contributed by atoms with Crippen LogP contribution in [0.2, 0.25) is 0 Å². The summed E-state index contributed by atoms with van der Waals surface area (Å²) in [5, 5.41) is 11.9. The molecule has 3 rings (SSSR count). The maximum Gasteiger partial charge on any atom is 0.337 e. The van der Waals surface area contributed by atoms with Crippen LogP contribution >= 0.6 is 0 Å². The van der Waals surface area contributed by atoms with Crippen molar-refractivity contribution in [3.8, 4) is 11.5 Å². The van der Waals surface area contributed by atoms with Crippen molar-refractivity contribution in [3.63, 3.8) is 0 Å². The minimum atomic E-state index is -1.09. The maximum atomic E-state index is 12.5. The molecule has 0 saturated heterocycles. The Kier molecular flexibility index (Phi) is 5.87. The lowest BCUT2D eigenvalue weighted by molar-refractivity contribution is -0.112. The van der Waals surface area contributed by atoms with Crippen molar-refractivity contribution in [3.05, 3.63) is 95.6 Å². The number of hydrogen-bond acceptors (Lipinski definition) is 3. The molecule has 0 aliphatic carbocycles. The van der Waals surface area contributed by atoms with E-state index < -0.39 is 5.97 Å². The van der Waals surface area contributed by atoms with Crippen LogP contribution in [-0.2, 0) is 4.79 Å². The van der Waals surface area contributed by atoms with E-state index in [2.05, 4.69) is 5.32 Å². The van der Waals surface area contributed by atoms with E-state index in [0.29, 0.717) is 11.3 Å². The first-order valence-corrected chi connectivity index (χ1v) is 8.68. The van der Waals surface area contributed by atoms with Gasteiger partial charge in [-0.1, -0.05) is 42.5 Å². The highest BCUT2D eigenvalue weighted by molar-refractivity contribution is 6.09. The van der Waals surface area contributed by atoms with Gasteiger partial charge < -0.3 is 15.2 Å². The molecule has 0 unspecified atom stereocenters. The van der Waals surface area contributed by atoms with Crippen LogP contribution in [0.3, 0.4) is 0 Å². The van der Waals surface area contributed by atoms with Crippen LogP contribution in [0.4, 0.5) is 5.69 Å². The van der Waals surface area contributed by atoms with Crippen LogP contribution in [0.5, 0.6) is 11.5 Å². The van der Waals surface area contributed by atoms with Crippen molar-refractivity contribution in [2.45, 2.75) is 6.92 Å². The number of nitrogens with one attached hydrogen (secondary N) is 1. The van der Waals surface area contributed by atoms with Gasteiger partial charge in [-0.3, -0.25) is 4.79 Å².